The van der Waals surface area contributed by atoms with Crippen molar-refractivity contribution >= 4 is 6.09 Å². The number of amides is 1. The van der Waals surface area contributed by atoms with Crippen LogP contribution in [0.4, 0.5) is 4.79 Å². The molecular formula is C18H20N2O2. The van der Waals surface area contributed by atoms with Crippen LogP contribution in [0, 0.1) is 0 Å². The summed E-state index contributed by atoms with van der Waals surface area (Å²) in [6, 6.07) is 20.1. The van der Waals surface area contributed by atoms with Gasteiger partial charge < -0.3 is 15.0 Å². The summed E-state index contributed by atoms with van der Waals surface area (Å²) in [5, 5.41) is 3.44. The number of piperazine rings is 1. The van der Waals surface area contributed by atoms with Crippen LogP contribution >= 0.6 is 0 Å². The first-order valence-electron chi connectivity index (χ1n) is 7.57. The van der Waals surface area contributed by atoms with E-state index in [1.165, 1.54) is 5.56 Å². The highest BCUT2D eigenvalue weighted by molar-refractivity contribution is 5.68. The number of ether oxygens (including phenoxy) is 1. The SMILES string of the molecule is O=C(OCc1ccccc1)N1CCN[C@H](c2ccccc2)C1. The average Bonchev–Trinajstić information content (AvgIpc) is 2.61. The Labute approximate surface area is 130 Å². The van der Waals surface area contributed by atoms with Gasteiger partial charge in [0.1, 0.15) is 6.61 Å². The summed E-state index contributed by atoms with van der Waals surface area (Å²) in [5.41, 5.74) is 2.20. The van der Waals surface area contributed by atoms with E-state index in [2.05, 4.69) is 17.4 Å². The van der Waals surface area contributed by atoms with E-state index in [1.54, 1.807) is 4.90 Å². The summed E-state index contributed by atoms with van der Waals surface area (Å²) >= 11 is 0. The zero-order valence-corrected chi connectivity index (χ0v) is 12.4. The van der Waals surface area contributed by atoms with E-state index in [0.29, 0.717) is 19.7 Å². The molecule has 0 aromatic heterocycles. The van der Waals surface area contributed by atoms with Crippen LogP contribution in [0.1, 0.15) is 17.2 Å². The highest BCUT2D eigenvalue weighted by Gasteiger charge is 2.25. The van der Waals surface area contributed by atoms with E-state index in [0.717, 1.165) is 12.1 Å². The molecule has 1 fully saturated rings. The van der Waals surface area contributed by atoms with Crippen molar-refractivity contribution in [1.29, 1.82) is 0 Å². The highest BCUT2D eigenvalue weighted by Crippen LogP contribution is 2.17. The van der Waals surface area contributed by atoms with Gasteiger partial charge in [-0.2, -0.15) is 0 Å². The molecule has 3 rings (SSSR count). The molecule has 2 aromatic carbocycles. The molecule has 1 atom stereocenters. The predicted molar refractivity (Wildman–Crippen MR) is 85.4 cm³/mol. The molecule has 1 heterocycles. The highest BCUT2D eigenvalue weighted by atomic mass is 16.6. The lowest BCUT2D eigenvalue weighted by atomic mass is 10.1. The molecule has 1 saturated heterocycles. The van der Waals surface area contributed by atoms with Crippen molar-refractivity contribution < 1.29 is 9.53 Å². The van der Waals surface area contributed by atoms with Crippen LogP contribution in [0.25, 0.3) is 0 Å². The monoisotopic (exact) mass is 296 g/mol. The lowest BCUT2D eigenvalue weighted by Gasteiger charge is -2.33. The molecule has 2 aromatic rings. The number of hydrogen-bond acceptors (Lipinski definition) is 3. The minimum absolute atomic E-state index is 0.166. The van der Waals surface area contributed by atoms with Crippen LogP contribution in [-0.4, -0.2) is 30.6 Å². The maximum absolute atomic E-state index is 12.2. The van der Waals surface area contributed by atoms with E-state index in [-0.39, 0.29) is 12.1 Å². The van der Waals surface area contributed by atoms with Crippen LogP contribution in [0.2, 0.25) is 0 Å². The van der Waals surface area contributed by atoms with Crippen molar-refractivity contribution in [1.82, 2.24) is 10.2 Å². The quantitative estimate of drug-likeness (QED) is 0.947. The van der Waals surface area contributed by atoms with Crippen LogP contribution < -0.4 is 5.32 Å². The number of nitrogens with zero attached hydrogens (tertiary/aromatic N) is 1. The number of carbonyl (C=O) groups is 1. The van der Waals surface area contributed by atoms with E-state index < -0.39 is 0 Å². The molecule has 0 spiro atoms. The van der Waals surface area contributed by atoms with E-state index in [1.807, 2.05) is 48.5 Å². The fourth-order valence-corrected chi connectivity index (χ4v) is 2.63. The Kier molecular flexibility index (Phi) is 4.71. The lowest BCUT2D eigenvalue weighted by molar-refractivity contribution is 0.0850. The molecule has 0 radical (unpaired) electrons. The number of benzene rings is 2. The Morgan fingerprint density at radius 3 is 2.50 bits per heavy atom. The molecule has 0 aliphatic carbocycles. The van der Waals surface area contributed by atoms with Crippen LogP contribution in [0.5, 0.6) is 0 Å². The second kappa shape index (κ2) is 7.09. The lowest BCUT2D eigenvalue weighted by Crippen LogP contribution is -2.48. The number of hydrogen-bond donors (Lipinski definition) is 1. The normalized spacial score (nSPS) is 18.0. The summed E-state index contributed by atoms with van der Waals surface area (Å²) in [6.07, 6.45) is -0.244. The van der Waals surface area contributed by atoms with Gasteiger partial charge in [0.25, 0.3) is 0 Å². The smallest absolute Gasteiger partial charge is 0.410 e. The first-order valence-corrected chi connectivity index (χ1v) is 7.57. The zero-order valence-electron chi connectivity index (χ0n) is 12.4. The van der Waals surface area contributed by atoms with Crippen molar-refractivity contribution in [3.63, 3.8) is 0 Å². The predicted octanol–water partition coefficient (Wildman–Crippen LogP) is 2.97. The van der Waals surface area contributed by atoms with Gasteiger partial charge in [-0.15, -0.1) is 0 Å². The van der Waals surface area contributed by atoms with Gasteiger partial charge in [0, 0.05) is 19.6 Å². The van der Waals surface area contributed by atoms with Gasteiger partial charge in [0.15, 0.2) is 0 Å². The summed E-state index contributed by atoms with van der Waals surface area (Å²) < 4.78 is 5.41. The van der Waals surface area contributed by atoms with Gasteiger partial charge in [0.2, 0.25) is 0 Å². The van der Waals surface area contributed by atoms with Crippen molar-refractivity contribution in [3.8, 4) is 0 Å². The molecule has 0 saturated carbocycles. The summed E-state index contributed by atoms with van der Waals surface area (Å²) in [5.74, 6) is 0. The number of nitrogens with one attached hydrogen (secondary N) is 1. The van der Waals surface area contributed by atoms with E-state index in [9.17, 15) is 4.79 Å². The van der Waals surface area contributed by atoms with Gasteiger partial charge in [-0.1, -0.05) is 60.7 Å². The fourth-order valence-electron chi connectivity index (χ4n) is 2.63. The molecule has 0 unspecified atom stereocenters. The Morgan fingerprint density at radius 2 is 1.77 bits per heavy atom. The van der Waals surface area contributed by atoms with E-state index in [4.69, 9.17) is 4.74 Å². The van der Waals surface area contributed by atoms with Gasteiger partial charge in [-0.25, -0.2) is 4.79 Å². The molecular weight excluding hydrogens is 276 g/mol. The van der Waals surface area contributed by atoms with Crippen molar-refractivity contribution in [3.05, 3.63) is 71.8 Å². The molecule has 1 aliphatic heterocycles. The van der Waals surface area contributed by atoms with Crippen LogP contribution in [-0.2, 0) is 11.3 Å². The molecule has 0 bridgehead atoms. The second-order valence-electron chi connectivity index (χ2n) is 5.40. The minimum Gasteiger partial charge on any atom is -0.445 e. The zero-order chi connectivity index (χ0) is 15.2. The summed E-state index contributed by atoms with van der Waals surface area (Å²) in [7, 11) is 0. The van der Waals surface area contributed by atoms with Crippen molar-refractivity contribution in [2.24, 2.45) is 0 Å². The second-order valence-corrected chi connectivity index (χ2v) is 5.40. The molecule has 4 nitrogen and oxygen atoms in total. The van der Waals surface area contributed by atoms with Crippen LogP contribution in [0.3, 0.4) is 0 Å². The standard InChI is InChI=1S/C18H20N2O2/c21-18(22-14-15-7-3-1-4-8-15)20-12-11-19-17(13-20)16-9-5-2-6-10-16/h1-10,17,19H,11-14H2/t17-/m0/s1. The molecule has 1 N–H and O–H groups in total. The van der Waals surface area contributed by atoms with E-state index >= 15 is 0 Å². The van der Waals surface area contributed by atoms with Crippen LogP contribution in [0.15, 0.2) is 60.7 Å². The summed E-state index contributed by atoms with van der Waals surface area (Å²) in [4.78, 5) is 14.0. The molecule has 22 heavy (non-hydrogen) atoms. The average molecular weight is 296 g/mol. The van der Waals surface area contributed by atoms with Gasteiger partial charge in [-0.05, 0) is 11.1 Å². The molecule has 1 amide bonds. The topological polar surface area (TPSA) is 41.6 Å². The van der Waals surface area contributed by atoms with Gasteiger partial charge >= 0.3 is 6.09 Å². The molecule has 4 heteroatoms. The van der Waals surface area contributed by atoms with Gasteiger partial charge in [0.05, 0.1) is 6.04 Å². The maximum Gasteiger partial charge on any atom is 0.410 e. The molecule has 1 aliphatic rings. The maximum atomic E-state index is 12.2. The largest absolute Gasteiger partial charge is 0.445 e. The van der Waals surface area contributed by atoms with Gasteiger partial charge in [-0.3, -0.25) is 0 Å². The minimum atomic E-state index is -0.244. The third-order valence-corrected chi connectivity index (χ3v) is 3.84. The molecule has 114 valence electrons. The van der Waals surface area contributed by atoms with Crippen molar-refractivity contribution in [2.45, 2.75) is 12.6 Å². The Morgan fingerprint density at radius 1 is 1.09 bits per heavy atom. The number of carbonyl (C=O) groups excluding carboxylic acids is 1. The fraction of sp³-hybridized carbons (Fsp3) is 0.278. The third-order valence-electron chi connectivity index (χ3n) is 3.84. The first-order chi connectivity index (χ1) is 10.8. The third kappa shape index (κ3) is 3.65. The summed E-state index contributed by atoms with van der Waals surface area (Å²) in [6.45, 7) is 2.41. The number of rotatable bonds is 3. The Bertz CT molecular complexity index is 601. The first kappa shape index (κ1) is 14.6. The Hall–Kier alpha value is -2.33. The van der Waals surface area contributed by atoms with Crippen molar-refractivity contribution in [2.75, 3.05) is 19.6 Å². The Balaban J connectivity index is 1.56.